The molecular weight excluding hydrogens is 151 g/mol. The van der Waals surface area contributed by atoms with E-state index in [0.29, 0.717) is 0 Å². The van der Waals surface area contributed by atoms with Gasteiger partial charge in [0.2, 0.25) is 0 Å². The van der Waals surface area contributed by atoms with Gasteiger partial charge in [0.15, 0.2) is 0 Å². The second-order valence-corrected chi connectivity index (χ2v) is 0.698. The molecule has 2 heteroatoms. The van der Waals surface area contributed by atoms with Gasteiger partial charge < -0.3 is 11.2 Å². The predicted molar refractivity (Wildman–Crippen MR) is 23.6 cm³/mol. The molecule has 0 spiro atoms. The molecule has 0 unspecified atom stereocenters. The van der Waals surface area contributed by atoms with Crippen molar-refractivity contribution in [3.05, 3.63) is 0 Å². The first-order chi connectivity index (χ1) is 2.41. The van der Waals surface area contributed by atoms with Crippen LogP contribution < -0.4 is 0 Å². The molecule has 0 aromatic heterocycles. The average Bonchev–Trinajstić information content (AvgIpc) is 1.41. The minimum atomic E-state index is 0. The molecule has 0 saturated carbocycles. The second-order valence-electron chi connectivity index (χ2n) is 0.698. The largest absolute Gasteiger partial charge is 0.503 e. The van der Waals surface area contributed by atoms with Gasteiger partial charge in [-0.1, -0.05) is 0 Å². The smallest absolute Gasteiger partial charge is 0 e. The van der Waals surface area contributed by atoms with Crippen molar-refractivity contribution >= 4 is 6.21 Å². The molecule has 1 radical (unpaired) electrons. The topological polar surface area (TPSA) is 12.4 Å². The number of aliphatic imine (C=N–C) groups is 1. The van der Waals surface area contributed by atoms with E-state index in [2.05, 4.69) is 11.2 Å². The maximum atomic E-state index is 3.72. The van der Waals surface area contributed by atoms with Crippen LogP contribution in [0.25, 0.3) is 0 Å². The van der Waals surface area contributed by atoms with E-state index >= 15 is 0 Å². The summed E-state index contributed by atoms with van der Waals surface area (Å²) in [6, 6.07) is 0. The summed E-state index contributed by atoms with van der Waals surface area (Å²) in [6.07, 6.45) is 2.64. The monoisotopic (exact) mass is 159 g/mol. The van der Waals surface area contributed by atoms with Crippen molar-refractivity contribution in [2.45, 2.75) is 13.8 Å². The normalized spacial score (nSPS) is 8.33. The molecule has 0 heterocycles. The third kappa shape index (κ3) is 8.84. The van der Waals surface area contributed by atoms with Crippen molar-refractivity contribution in [1.82, 2.24) is 0 Å². The molecule has 0 atom stereocenters. The minimum Gasteiger partial charge on any atom is -0.503 e. The zero-order valence-electron chi connectivity index (χ0n) is 4.23. The minimum absolute atomic E-state index is 0. The summed E-state index contributed by atoms with van der Waals surface area (Å²) < 4.78 is 0. The third-order valence-corrected chi connectivity index (χ3v) is 0.316. The molecule has 0 fully saturated rings. The Morgan fingerprint density at radius 3 is 2.17 bits per heavy atom. The van der Waals surface area contributed by atoms with Crippen molar-refractivity contribution in [3.63, 3.8) is 0 Å². The second kappa shape index (κ2) is 9.24. The van der Waals surface area contributed by atoms with Gasteiger partial charge in [-0.05, 0) is 13.5 Å². The molecule has 0 aromatic carbocycles. The fourth-order valence-electron chi connectivity index (χ4n) is 0.158. The van der Waals surface area contributed by atoms with E-state index in [9.17, 15) is 0 Å². The Bertz CT molecular complexity index is 34.5. The molecule has 0 saturated heterocycles. The van der Waals surface area contributed by atoms with Gasteiger partial charge in [-0.25, -0.2) is 0 Å². The Kier molecular flexibility index (Phi) is 15.3. The van der Waals surface area contributed by atoms with Crippen molar-refractivity contribution < 1.29 is 32.7 Å². The summed E-state index contributed by atoms with van der Waals surface area (Å²) in [4.78, 5) is 3.72. The van der Waals surface area contributed by atoms with Crippen LogP contribution in [0.3, 0.4) is 0 Å². The van der Waals surface area contributed by atoms with E-state index < -0.39 is 0 Å². The van der Waals surface area contributed by atoms with Crippen LogP contribution in [-0.2, 0) is 32.7 Å². The summed E-state index contributed by atoms with van der Waals surface area (Å²) in [5.41, 5.74) is 0. The number of hydrogen-bond acceptors (Lipinski definition) is 1. The van der Waals surface area contributed by atoms with Crippen LogP contribution in [0.5, 0.6) is 0 Å². The molecule has 0 aliphatic rings. The Morgan fingerprint density at radius 2 is 2.17 bits per heavy atom. The standard InChI is InChI=1S/C4H8N.Y/c1-3-5-4-2;/h3H2,1-2H3;/q-1;. The average molecular weight is 159 g/mol. The predicted octanol–water partition coefficient (Wildman–Crippen LogP) is 0.972. The Morgan fingerprint density at radius 1 is 1.67 bits per heavy atom. The molecule has 0 amide bonds. The molecule has 0 N–H and O–H groups in total. The quantitative estimate of drug-likeness (QED) is 0.399. The first kappa shape index (κ1) is 9.91. The zero-order chi connectivity index (χ0) is 4.12. The van der Waals surface area contributed by atoms with Gasteiger partial charge in [0.1, 0.15) is 0 Å². The van der Waals surface area contributed by atoms with Crippen LogP contribution in [-0.4, -0.2) is 12.8 Å². The van der Waals surface area contributed by atoms with Crippen LogP contribution in [0.4, 0.5) is 0 Å². The third-order valence-electron chi connectivity index (χ3n) is 0.316. The zero-order valence-corrected chi connectivity index (χ0v) is 7.07. The molecular formula is C4H8NY-. The first-order valence-electron chi connectivity index (χ1n) is 1.75. The van der Waals surface area contributed by atoms with Gasteiger partial charge in [-0.15, -0.1) is 0 Å². The van der Waals surface area contributed by atoms with Crippen molar-refractivity contribution in [2.24, 2.45) is 4.99 Å². The van der Waals surface area contributed by atoms with Crippen LogP contribution in [0.15, 0.2) is 4.99 Å². The van der Waals surface area contributed by atoms with Crippen molar-refractivity contribution in [1.29, 1.82) is 0 Å². The molecule has 0 rings (SSSR count). The van der Waals surface area contributed by atoms with E-state index in [1.165, 1.54) is 0 Å². The summed E-state index contributed by atoms with van der Waals surface area (Å²) in [7, 11) is 0. The van der Waals surface area contributed by atoms with E-state index in [4.69, 9.17) is 0 Å². The molecule has 0 bridgehead atoms. The van der Waals surface area contributed by atoms with Gasteiger partial charge >= 0.3 is 0 Å². The summed E-state index contributed by atoms with van der Waals surface area (Å²) in [5, 5.41) is 0. The summed E-state index contributed by atoms with van der Waals surface area (Å²) >= 11 is 0. The first-order valence-corrected chi connectivity index (χ1v) is 1.75. The van der Waals surface area contributed by atoms with Gasteiger partial charge in [0.05, 0.1) is 0 Å². The number of rotatable bonds is 1. The van der Waals surface area contributed by atoms with Gasteiger partial charge in [-0.3, -0.25) is 0 Å². The van der Waals surface area contributed by atoms with Gasteiger partial charge in [0.25, 0.3) is 0 Å². The molecule has 6 heavy (non-hydrogen) atoms. The van der Waals surface area contributed by atoms with Crippen LogP contribution in [0.2, 0.25) is 0 Å². The fraction of sp³-hybridized carbons (Fsp3) is 0.750. The van der Waals surface area contributed by atoms with Gasteiger partial charge in [-0.2, -0.15) is 6.92 Å². The molecule has 0 aromatic rings. The van der Waals surface area contributed by atoms with Crippen molar-refractivity contribution in [2.75, 3.05) is 6.54 Å². The SMILES string of the molecule is C[C-]=NCC.[Y]. The number of hydrogen-bond donors (Lipinski definition) is 0. The maximum Gasteiger partial charge on any atom is 0 e. The van der Waals surface area contributed by atoms with E-state index in [0.717, 1.165) is 6.54 Å². The van der Waals surface area contributed by atoms with Crippen LogP contribution >= 0.6 is 0 Å². The molecule has 0 aliphatic carbocycles. The summed E-state index contributed by atoms with van der Waals surface area (Å²) in [6.45, 7) is 4.64. The van der Waals surface area contributed by atoms with E-state index in [1.54, 1.807) is 6.92 Å². The van der Waals surface area contributed by atoms with Crippen LogP contribution in [0, 0.1) is 0 Å². The van der Waals surface area contributed by atoms with Gasteiger partial charge in [0, 0.05) is 32.7 Å². The van der Waals surface area contributed by atoms with Crippen LogP contribution in [0.1, 0.15) is 13.8 Å². The molecule has 0 aliphatic heterocycles. The number of nitrogens with zero attached hydrogens (tertiary/aromatic N) is 1. The van der Waals surface area contributed by atoms with E-state index in [1.807, 2.05) is 6.92 Å². The molecule has 33 valence electrons. The summed E-state index contributed by atoms with van der Waals surface area (Å²) in [5.74, 6) is 0. The fourth-order valence-corrected chi connectivity index (χ4v) is 0.158. The molecule has 1 nitrogen and oxygen atoms in total. The van der Waals surface area contributed by atoms with E-state index in [-0.39, 0.29) is 32.7 Å². The Labute approximate surface area is 64.1 Å². The van der Waals surface area contributed by atoms with Crippen molar-refractivity contribution in [3.8, 4) is 0 Å². The maximum absolute atomic E-state index is 3.72. The Balaban J connectivity index is 0. The Hall–Kier alpha value is 0.774.